The fraction of sp³-hybridized carbons (Fsp3) is 0.444. The van der Waals surface area contributed by atoms with Gasteiger partial charge in [0.1, 0.15) is 5.75 Å². The van der Waals surface area contributed by atoms with E-state index in [-0.39, 0.29) is 25.0 Å². The number of hydrogen-bond acceptors (Lipinski definition) is 8. The van der Waals surface area contributed by atoms with Crippen LogP contribution >= 0.6 is 0 Å². The lowest BCUT2D eigenvalue weighted by Gasteiger charge is -2.31. The van der Waals surface area contributed by atoms with Crippen LogP contribution in [-0.2, 0) is 20.9 Å². The number of benzene rings is 2. The molecule has 0 fully saturated rings. The Morgan fingerprint density at radius 2 is 1.83 bits per heavy atom. The zero-order valence-electron chi connectivity index (χ0n) is 21.6. The molecule has 0 bridgehead atoms. The van der Waals surface area contributed by atoms with Gasteiger partial charge in [0.2, 0.25) is 0 Å². The number of carbonyl (C=O) groups excluding carboxylic acids is 3. The molecule has 1 aliphatic heterocycles. The van der Waals surface area contributed by atoms with Crippen molar-refractivity contribution in [1.29, 1.82) is 0 Å². The molecular formula is C27H35N3O6. The van der Waals surface area contributed by atoms with Crippen molar-refractivity contribution in [2.24, 2.45) is 5.92 Å². The normalized spacial score (nSPS) is 16.7. The lowest BCUT2D eigenvalue weighted by Crippen LogP contribution is -2.32. The molecule has 0 saturated carbocycles. The molecule has 0 spiro atoms. The van der Waals surface area contributed by atoms with Crippen LogP contribution in [-0.4, -0.2) is 56.9 Å². The maximum Gasteiger partial charge on any atom is 0.407 e. The predicted octanol–water partition coefficient (Wildman–Crippen LogP) is 4.12. The van der Waals surface area contributed by atoms with Crippen LogP contribution in [0.4, 0.5) is 10.5 Å². The van der Waals surface area contributed by atoms with Crippen LogP contribution in [0, 0.1) is 5.92 Å². The Balaban J connectivity index is 1.50. The highest BCUT2D eigenvalue weighted by Crippen LogP contribution is 2.40. The van der Waals surface area contributed by atoms with E-state index in [1.165, 1.54) is 5.06 Å². The van der Waals surface area contributed by atoms with E-state index in [4.69, 9.17) is 14.3 Å². The number of ether oxygens (including phenoxy) is 2. The molecule has 36 heavy (non-hydrogen) atoms. The van der Waals surface area contributed by atoms with Crippen LogP contribution in [0.25, 0.3) is 0 Å². The molecule has 3 rings (SSSR count). The van der Waals surface area contributed by atoms with E-state index in [9.17, 15) is 14.4 Å². The summed E-state index contributed by atoms with van der Waals surface area (Å²) in [5.74, 6) is -0.642. The molecule has 2 aromatic carbocycles. The van der Waals surface area contributed by atoms with Crippen LogP contribution in [0.5, 0.6) is 5.75 Å². The molecule has 1 aliphatic rings. The molecule has 0 aliphatic carbocycles. The number of fused-ring (bicyclic) bond motifs is 1. The molecule has 9 nitrogen and oxygen atoms in total. The molecule has 2 unspecified atom stereocenters. The third-order valence-corrected chi connectivity index (χ3v) is 6.26. The van der Waals surface area contributed by atoms with Crippen molar-refractivity contribution >= 4 is 23.7 Å². The first-order valence-electron chi connectivity index (χ1n) is 12.2. The summed E-state index contributed by atoms with van der Waals surface area (Å²) in [4.78, 5) is 44.1. The van der Waals surface area contributed by atoms with Gasteiger partial charge in [-0.15, -0.1) is 5.06 Å². The zero-order valence-corrected chi connectivity index (χ0v) is 21.6. The molecule has 9 heteroatoms. The number of carbonyl (C=O) groups is 3. The smallest absolute Gasteiger partial charge is 0.407 e. The average molecular weight is 498 g/mol. The summed E-state index contributed by atoms with van der Waals surface area (Å²) in [5, 5.41) is 3.98. The van der Waals surface area contributed by atoms with Gasteiger partial charge in [0, 0.05) is 45.5 Å². The summed E-state index contributed by atoms with van der Waals surface area (Å²) in [6.07, 6.45) is -0.242. The molecule has 1 heterocycles. The van der Waals surface area contributed by atoms with E-state index in [0.29, 0.717) is 17.7 Å². The van der Waals surface area contributed by atoms with Gasteiger partial charge < -0.3 is 24.5 Å². The minimum absolute atomic E-state index is 0.0525. The maximum absolute atomic E-state index is 12.7. The predicted molar refractivity (Wildman–Crippen MR) is 136 cm³/mol. The summed E-state index contributed by atoms with van der Waals surface area (Å²) in [5.41, 5.74) is 3.11. The number of nitrogens with zero attached hydrogens (tertiary/aromatic N) is 2. The minimum Gasteiger partial charge on any atom is -0.450 e. The number of anilines is 1. The Morgan fingerprint density at radius 1 is 1.08 bits per heavy atom. The van der Waals surface area contributed by atoms with Crippen molar-refractivity contribution in [1.82, 2.24) is 10.4 Å². The Kier molecular flexibility index (Phi) is 9.30. The number of rotatable bonds is 10. The van der Waals surface area contributed by atoms with Gasteiger partial charge in [-0.1, -0.05) is 25.1 Å². The molecular weight excluding hydrogens is 462 g/mol. The number of hydroxylamine groups is 2. The number of nitrogens with one attached hydrogen (secondary N) is 1. The lowest BCUT2D eigenvalue weighted by atomic mass is 9.83. The second-order valence-electron chi connectivity index (χ2n) is 8.88. The van der Waals surface area contributed by atoms with Gasteiger partial charge in [-0.25, -0.2) is 9.59 Å². The summed E-state index contributed by atoms with van der Waals surface area (Å²) in [7, 11) is 3.24. The van der Waals surface area contributed by atoms with Gasteiger partial charge in [0.25, 0.3) is 0 Å². The summed E-state index contributed by atoms with van der Waals surface area (Å²) < 4.78 is 10.9. The first-order chi connectivity index (χ1) is 17.2. The van der Waals surface area contributed by atoms with Crippen molar-refractivity contribution < 1.29 is 28.7 Å². The fourth-order valence-corrected chi connectivity index (χ4v) is 4.28. The molecule has 2 atom stereocenters. The van der Waals surface area contributed by atoms with E-state index in [1.807, 2.05) is 19.1 Å². The van der Waals surface area contributed by atoms with Crippen LogP contribution < -0.4 is 15.0 Å². The first-order valence-corrected chi connectivity index (χ1v) is 12.2. The molecule has 0 aromatic heterocycles. The van der Waals surface area contributed by atoms with Crippen LogP contribution in [0.15, 0.2) is 42.5 Å². The summed E-state index contributed by atoms with van der Waals surface area (Å²) >= 11 is 0. The Morgan fingerprint density at radius 3 is 2.53 bits per heavy atom. The molecule has 1 N–H and O–H groups in total. The summed E-state index contributed by atoms with van der Waals surface area (Å²) in [6, 6.07) is 12.8. The van der Waals surface area contributed by atoms with Gasteiger partial charge in [0.15, 0.2) is 0 Å². The second kappa shape index (κ2) is 12.4. The Labute approximate surface area is 212 Å². The monoisotopic (exact) mass is 497 g/mol. The third kappa shape index (κ3) is 6.75. The van der Waals surface area contributed by atoms with Gasteiger partial charge in [-0.2, -0.15) is 0 Å². The Bertz CT molecular complexity index is 1080. The number of amides is 1. The highest BCUT2D eigenvalue weighted by molar-refractivity contribution is 5.89. The molecule has 0 radical (unpaired) electrons. The highest BCUT2D eigenvalue weighted by Gasteiger charge is 2.35. The number of alkyl carbamates (subject to hydrolysis) is 1. The largest absolute Gasteiger partial charge is 0.450 e. The van der Waals surface area contributed by atoms with Crippen molar-refractivity contribution in [3.8, 4) is 5.75 Å². The second-order valence-corrected chi connectivity index (χ2v) is 8.88. The van der Waals surface area contributed by atoms with Gasteiger partial charge in [0.05, 0.1) is 18.1 Å². The number of esters is 1. The van der Waals surface area contributed by atoms with Crippen molar-refractivity contribution in [3.63, 3.8) is 0 Å². The zero-order chi connectivity index (χ0) is 26.2. The summed E-state index contributed by atoms with van der Waals surface area (Å²) in [6.45, 7) is 8.18. The topological polar surface area (TPSA) is 97.4 Å². The average Bonchev–Trinajstić information content (AvgIpc) is 2.85. The van der Waals surface area contributed by atoms with E-state index < -0.39 is 18.0 Å². The van der Waals surface area contributed by atoms with Crippen molar-refractivity contribution in [2.75, 3.05) is 38.7 Å². The molecule has 1 amide bonds. The van der Waals surface area contributed by atoms with Gasteiger partial charge >= 0.3 is 18.0 Å². The first kappa shape index (κ1) is 27.0. The van der Waals surface area contributed by atoms with E-state index in [0.717, 1.165) is 29.9 Å². The quantitative estimate of drug-likeness (QED) is 0.297. The molecule has 0 saturated heterocycles. The van der Waals surface area contributed by atoms with Crippen molar-refractivity contribution in [2.45, 2.75) is 39.7 Å². The maximum atomic E-state index is 12.7. The number of hydrogen-bond donors (Lipinski definition) is 1. The standard InChI is InChI=1S/C27H35N3O6/c1-6-30(7-2)21-11-12-22-18(3)23(26(32)35-24(22)16-21)13-14-34-27(33)28-17-19-9-8-10-20(15-19)25(31)36-29(4)5/h8-12,15-16,18,23H,6-7,13-14,17H2,1-5H3,(H,28,33). The van der Waals surface area contributed by atoms with E-state index in [1.54, 1.807) is 38.4 Å². The van der Waals surface area contributed by atoms with E-state index in [2.05, 4.69) is 30.1 Å². The third-order valence-electron chi connectivity index (χ3n) is 6.26. The Hall–Kier alpha value is -3.59. The highest BCUT2D eigenvalue weighted by atomic mass is 16.7. The minimum atomic E-state index is -0.600. The fourth-order valence-electron chi connectivity index (χ4n) is 4.28. The van der Waals surface area contributed by atoms with E-state index >= 15 is 0 Å². The lowest BCUT2D eigenvalue weighted by molar-refractivity contribution is -0.141. The van der Waals surface area contributed by atoms with Crippen LogP contribution in [0.1, 0.15) is 54.6 Å². The van der Waals surface area contributed by atoms with Crippen molar-refractivity contribution in [3.05, 3.63) is 59.2 Å². The molecule has 2 aromatic rings. The SMILES string of the molecule is CCN(CC)c1ccc2c(c1)OC(=O)C(CCOC(=O)NCc1cccc(C(=O)ON(C)C)c1)C2C. The van der Waals surface area contributed by atoms with Gasteiger partial charge in [-0.05, 0) is 55.5 Å². The van der Waals surface area contributed by atoms with Crippen LogP contribution in [0.3, 0.4) is 0 Å². The van der Waals surface area contributed by atoms with Gasteiger partial charge in [-0.3, -0.25) is 4.79 Å². The molecule has 194 valence electrons. The van der Waals surface area contributed by atoms with Crippen LogP contribution in [0.2, 0.25) is 0 Å².